The number of anilines is 1. The lowest BCUT2D eigenvalue weighted by atomic mass is 9.89. The van der Waals surface area contributed by atoms with Gasteiger partial charge >= 0.3 is 0 Å². The fraction of sp³-hybridized carbons (Fsp3) is 0.375. The Bertz CT molecular complexity index is 622. The molecule has 5 nitrogen and oxygen atoms in total. The number of hydrogen-bond acceptors (Lipinski definition) is 4. The molecule has 0 saturated carbocycles. The van der Waals surface area contributed by atoms with Crippen LogP contribution in [0.2, 0.25) is 0 Å². The van der Waals surface area contributed by atoms with Gasteiger partial charge in [-0.15, -0.1) is 0 Å². The number of aryl methyl sites for hydroxylation is 1. The van der Waals surface area contributed by atoms with Gasteiger partial charge in [-0.2, -0.15) is 0 Å². The highest BCUT2D eigenvalue weighted by atomic mass is 16.5. The first-order chi connectivity index (χ1) is 10.2. The maximum atomic E-state index is 11.9. The third-order valence-corrected chi connectivity index (χ3v) is 3.66. The van der Waals surface area contributed by atoms with Crippen LogP contribution in [0.4, 0.5) is 5.88 Å². The molecule has 1 aromatic carbocycles. The summed E-state index contributed by atoms with van der Waals surface area (Å²) in [6, 6.07) is 9.24. The monoisotopic (exact) mass is 286 g/mol. The topological polar surface area (TPSA) is 64.4 Å². The Morgan fingerprint density at radius 1 is 1.43 bits per heavy atom. The molecule has 0 aliphatic heterocycles. The summed E-state index contributed by atoms with van der Waals surface area (Å²) in [5.74, 6) is 1.49. The lowest BCUT2D eigenvalue weighted by molar-refractivity contribution is -0.118. The fourth-order valence-electron chi connectivity index (χ4n) is 2.51. The largest absolute Gasteiger partial charge is 0.484 e. The lowest BCUT2D eigenvalue weighted by Crippen LogP contribution is -2.21. The number of hydrogen-bond donors (Lipinski definition) is 1. The molecule has 0 spiro atoms. The number of ether oxygens (including phenoxy) is 1. The molecule has 0 fully saturated rings. The minimum atomic E-state index is -0.240. The highest BCUT2D eigenvalue weighted by molar-refractivity contribution is 5.91. The Morgan fingerprint density at radius 2 is 2.24 bits per heavy atom. The fourth-order valence-corrected chi connectivity index (χ4v) is 2.51. The first-order valence-corrected chi connectivity index (χ1v) is 7.17. The molecule has 0 radical (unpaired) electrons. The number of benzene rings is 1. The smallest absolute Gasteiger partial charge is 0.264 e. The average Bonchev–Trinajstić information content (AvgIpc) is 2.88. The van der Waals surface area contributed by atoms with E-state index in [1.54, 1.807) is 0 Å². The molecule has 1 heterocycles. The van der Waals surface area contributed by atoms with Crippen LogP contribution < -0.4 is 10.1 Å². The van der Waals surface area contributed by atoms with Crippen molar-refractivity contribution < 1.29 is 14.1 Å². The zero-order chi connectivity index (χ0) is 14.7. The summed E-state index contributed by atoms with van der Waals surface area (Å²) in [7, 11) is 0. The van der Waals surface area contributed by atoms with Crippen LogP contribution in [0.5, 0.6) is 5.75 Å². The number of fused-ring (bicyclic) bond motifs is 1. The quantitative estimate of drug-likeness (QED) is 0.938. The minimum Gasteiger partial charge on any atom is -0.484 e. The van der Waals surface area contributed by atoms with Gasteiger partial charge in [0.2, 0.25) is 5.88 Å². The normalized spacial score (nSPS) is 17.1. The van der Waals surface area contributed by atoms with Gasteiger partial charge in [0.15, 0.2) is 6.61 Å². The predicted molar refractivity (Wildman–Crippen MR) is 78.3 cm³/mol. The highest BCUT2D eigenvalue weighted by Crippen LogP contribution is 2.30. The van der Waals surface area contributed by atoms with Crippen molar-refractivity contribution in [1.29, 1.82) is 0 Å². The van der Waals surface area contributed by atoms with E-state index in [1.807, 2.05) is 30.3 Å². The molecule has 1 aliphatic carbocycles. The Kier molecular flexibility index (Phi) is 3.90. The van der Waals surface area contributed by atoms with E-state index < -0.39 is 0 Å². The molecule has 3 rings (SSSR count). The summed E-state index contributed by atoms with van der Waals surface area (Å²) in [4.78, 5) is 11.9. The molecule has 1 aliphatic rings. The SMILES string of the molecule is CC1CCc2noc(NC(=O)COc3ccccc3)c2C1. The molecule has 1 aromatic heterocycles. The van der Waals surface area contributed by atoms with Crippen molar-refractivity contribution in [1.82, 2.24) is 5.16 Å². The number of carbonyl (C=O) groups is 1. The average molecular weight is 286 g/mol. The maximum absolute atomic E-state index is 11.9. The first-order valence-electron chi connectivity index (χ1n) is 7.17. The van der Waals surface area contributed by atoms with Crippen LogP contribution in [0.15, 0.2) is 34.9 Å². The third-order valence-electron chi connectivity index (χ3n) is 3.66. The summed E-state index contributed by atoms with van der Waals surface area (Å²) >= 11 is 0. The van der Waals surface area contributed by atoms with Crippen LogP contribution in [-0.4, -0.2) is 17.7 Å². The number of aromatic nitrogens is 1. The molecule has 1 unspecified atom stereocenters. The van der Waals surface area contributed by atoms with Crippen molar-refractivity contribution >= 4 is 11.8 Å². The van der Waals surface area contributed by atoms with Crippen LogP contribution in [0, 0.1) is 5.92 Å². The molecule has 21 heavy (non-hydrogen) atoms. The molecule has 2 aromatic rings. The molecule has 1 amide bonds. The summed E-state index contributed by atoms with van der Waals surface area (Å²) in [5.41, 5.74) is 1.99. The van der Waals surface area contributed by atoms with E-state index in [1.165, 1.54) is 0 Å². The molecule has 1 N–H and O–H groups in total. The second kappa shape index (κ2) is 5.99. The van der Waals surface area contributed by atoms with E-state index in [0.717, 1.165) is 30.5 Å². The number of rotatable bonds is 4. The Hall–Kier alpha value is -2.30. The van der Waals surface area contributed by atoms with Crippen LogP contribution in [0.25, 0.3) is 0 Å². The summed E-state index contributed by atoms with van der Waals surface area (Å²) in [6.07, 6.45) is 2.93. The van der Waals surface area contributed by atoms with E-state index >= 15 is 0 Å². The van der Waals surface area contributed by atoms with Gasteiger partial charge in [0.25, 0.3) is 5.91 Å². The van der Waals surface area contributed by atoms with Gasteiger partial charge in [0, 0.05) is 5.56 Å². The van der Waals surface area contributed by atoms with Gasteiger partial charge < -0.3 is 9.26 Å². The van der Waals surface area contributed by atoms with E-state index in [2.05, 4.69) is 17.4 Å². The van der Waals surface area contributed by atoms with Gasteiger partial charge in [0.1, 0.15) is 5.75 Å². The van der Waals surface area contributed by atoms with Crippen LogP contribution in [-0.2, 0) is 17.6 Å². The van der Waals surface area contributed by atoms with Gasteiger partial charge in [0.05, 0.1) is 5.69 Å². The second-order valence-corrected chi connectivity index (χ2v) is 5.43. The number of para-hydroxylation sites is 1. The number of nitrogens with one attached hydrogen (secondary N) is 1. The molecule has 5 heteroatoms. The zero-order valence-electron chi connectivity index (χ0n) is 12.0. The molecule has 0 bridgehead atoms. The standard InChI is InChI=1S/C16H18N2O3/c1-11-7-8-14-13(9-11)16(21-18-14)17-15(19)10-20-12-5-3-2-4-6-12/h2-6,11H,7-10H2,1H3,(H,17,19). The Balaban J connectivity index is 1.59. The summed E-state index contributed by atoms with van der Waals surface area (Å²) in [5, 5.41) is 6.78. The van der Waals surface area contributed by atoms with Crippen molar-refractivity contribution in [2.45, 2.75) is 26.2 Å². The molecule has 1 atom stereocenters. The minimum absolute atomic E-state index is 0.0466. The first kappa shape index (κ1) is 13.7. The van der Waals surface area contributed by atoms with Crippen LogP contribution >= 0.6 is 0 Å². The molecule has 110 valence electrons. The van der Waals surface area contributed by atoms with E-state index in [0.29, 0.717) is 17.6 Å². The third kappa shape index (κ3) is 3.24. The van der Waals surface area contributed by atoms with Gasteiger partial charge in [-0.05, 0) is 37.3 Å². The van der Waals surface area contributed by atoms with Gasteiger partial charge in [-0.25, -0.2) is 0 Å². The number of nitrogens with zero attached hydrogens (tertiary/aromatic N) is 1. The Labute approximate surface area is 123 Å². The highest BCUT2D eigenvalue weighted by Gasteiger charge is 2.24. The lowest BCUT2D eigenvalue weighted by Gasteiger charge is -2.16. The molecule has 0 saturated heterocycles. The van der Waals surface area contributed by atoms with Crippen molar-refractivity contribution in [2.75, 3.05) is 11.9 Å². The van der Waals surface area contributed by atoms with E-state index in [9.17, 15) is 4.79 Å². The van der Waals surface area contributed by atoms with Crippen molar-refractivity contribution in [2.24, 2.45) is 5.92 Å². The molecular weight excluding hydrogens is 268 g/mol. The van der Waals surface area contributed by atoms with Crippen molar-refractivity contribution in [3.8, 4) is 5.75 Å². The predicted octanol–water partition coefficient (Wildman–Crippen LogP) is 2.82. The second-order valence-electron chi connectivity index (χ2n) is 5.43. The zero-order valence-corrected chi connectivity index (χ0v) is 12.0. The maximum Gasteiger partial charge on any atom is 0.264 e. The van der Waals surface area contributed by atoms with Crippen molar-refractivity contribution in [3.05, 3.63) is 41.6 Å². The number of carbonyl (C=O) groups excluding carboxylic acids is 1. The van der Waals surface area contributed by atoms with Gasteiger partial charge in [-0.3, -0.25) is 10.1 Å². The summed E-state index contributed by atoms with van der Waals surface area (Å²) in [6.45, 7) is 2.15. The van der Waals surface area contributed by atoms with Crippen LogP contribution in [0.1, 0.15) is 24.6 Å². The van der Waals surface area contributed by atoms with Crippen LogP contribution in [0.3, 0.4) is 0 Å². The van der Waals surface area contributed by atoms with E-state index in [4.69, 9.17) is 9.26 Å². The Morgan fingerprint density at radius 3 is 3.05 bits per heavy atom. The van der Waals surface area contributed by atoms with Crippen molar-refractivity contribution in [3.63, 3.8) is 0 Å². The van der Waals surface area contributed by atoms with Gasteiger partial charge in [-0.1, -0.05) is 30.3 Å². The number of amides is 1. The molecular formula is C16H18N2O3. The van der Waals surface area contributed by atoms with E-state index in [-0.39, 0.29) is 12.5 Å². The summed E-state index contributed by atoms with van der Waals surface area (Å²) < 4.78 is 10.7.